The molecular weight excluding hydrogens is 540 g/mol. The van der Waals surface area contributed by atoms with Gasteiger partial charge in [-0.3, -0.25) is 0 Å². The number of aliphatic hydroxyl groups excluding tert-OH is 1. The van der Waals surface area contributed by atoms with Crippen LogP contribution in [0.3, 0.4) is 0 Å². The molecule has 1 aliphatic heterocycles. The van der Waals surface area contributed by atoms with E-state index in [0.717, 1.165) is 16.7 Å². The van der Waals surface area contributed by atoms with Crippen LogP contribution < -0.4 is 0 Å². The van der Waals surface area contributed by atoms with E-state index in [-0.39, 0.29) is 24.7 Å². The highest BCUT2D eigenvalue weighted by Crippen LogP contribution is 2.33. The molecule has 0 unspecified atom stereocenters. The maximum absolute atomic E-state index is 13.7. The SMILES string of the molecule is O=S(=O)(c1ccccc1)[C@@H]1O[C@H](COCc2ccccc2)[C@@H](OCc2ccccc2)[C@H](OCc2ccccc2)[C@H]1O. The molecule has 5 rings (SSSR count). The standard InChI is InChI=1S/C33H34O7S/c34-30-32(39-23-27-17-9-3-10-18-27)31(38-22-26-15-7-2-8-16-26)29(24-37-21-25-13-5-1-6-14-25)40-33(30)41(35,36)28-19-11-4-12-20-28/h1-20,29-34H,21-24H2/t29-,30-,31-,32-,33+/m1/s1. The fraction of sp³-hybridized carbons (Fsp3) is 0.273. The summed E-state index contributed by atoms with van der Waals surface area (Å²) in [7, 11) is -4.09. The van der Waals surface area contributed by atoms with E-state index in [9.17, 15) is 13.5 Å². The van der Waals surface area contributed by atoms with Crippen LogP contribution in [0, 0.1) is 0 Å². The lowest BCUT2D eigenvalue weighted by molar-refractivity contribution is -0.244. The minimum Gasteiger partial charge on any atom is -0.386 e. The minimum atomic E-state index is -4.09. The Hall–Kier alpha value is -3.37. The van der Waals surface area contributed by atoms with Crippen LogP contribution in [-0.4, -0.2) is 50.0 Å². The van der Waals surface area contributed by atoms with E-state index in [2.05, 4.69) is 0 Å². The number of sulfone groups is 1. The summed E-state index contributed by atoms with van der Waals surface area (Å²) in [6.07, 6.45) is -4.18. The summed E-state index contributed by atoms with van der Waals surface area (Å²) >= 11 is 0. The van der Waals surface area contributed by atoms with Gasteiger partial charge in [0.25, 0.3) is 0 Å². The fourth-order valence-electron chi connectivity index (χ4n) is 4.82. The first-order valence-corrected chi connectivity index (χ1v) is 15.1. The molecule has 41 heavy (non-hydrogen) atoms. The quantitative estimate of drug-likeness (QED) is 0.257. The summed E-state index contributed by atoms with van der Waals surface area (Å²) in [6.45, 7) is 0.717. The second kappa shape index (κ2) is 14.0. The van der Waals surface area contributed by atoms with Gasteiger partial charge < -0.3 is 24.1 Å². The summed E-state index contributed by atoms with van der Waals surface area (Å²) in [5.41, 5.74) is 1.20. The van der Waals surface area contributed by atoms with Crippen LogP contribution in [0.25, 0.3) is 0 Å². The predicted octanol–water partition coefficient (Wildman–Crippen LogP) is 4.93. The Balaban J connectivity index is 1.44. The molecule has 8 heteroatoms. The highest BCUT2D eigenvalue weighted by atomic mass is 32.2. The third kappa shape index (κ3) is 7.48. The van der Waals surface area contributed by atoms with Gasteiger partial charge in [0.1, 0.15) is 24.4 Å². The molecule has 1 saturated heterocycles. The maximum Gasteiger partial charge on any atom is 0.207 e. The second-order valence-corrected chi connectivity index (χ2v) is 11.9. The molecule has 0 amide bonds. The molecule has 1 heterocycles. The molecule has 0 aliphatic carbocycles. The molecule has 1 aliphatic rings. The number of ether oxygens (including phenoxy) is 4. The van der Waals surface area contributed by atoms with Gasteiger partial charge >= 0.3 is 0 Å². The lowest BCUT2D eigenvalue weighted by Gasteiger charge is -2.44. The molecule has 0 spiro atoms. The van der Waals surface area contributed by atoms with Crippen LogP contribution in [0.5, 0.6) is 0 Å². The second-order valence-electron chi connectivity index (χ2n) is 9.91. The van der Waals surface area contributed by atoms with Crippen molar-refractivity contribution in [3.8, 4) is 0 Å². The number of hydrogen-bond donors (Lipinski definition) is 1. The largest absolute Gasteiger partial charge is 0.386 e. The summed E-state index contributed by atoms with van der Waals surface area (Å²) < 4.78 is 52.2. The average molecular weight is 575 g/mol. The summed E-state index contributed by atoms with van der Waals surface area (Å²) in [4.78, 5) is 0.0541. The van der Waals surface area contributed by atoms with Crippen molar-refractivity contribution in [1.82, 2.24) is 0 Å². The van der Waals surface area contributed by atoms with Gasteiger partial charge in [-0.2, -0.15) is 0 Å². The Morgan fingerprint density at radius 1 is 0.610 bits per heavy atom. The molecule has 4 aromatic rings. The zero-order valence-corrected chi connectivity index (χ0v) is 23.4. The molecule has 0 bridgehead atoms. The van der Waals surface area contributed by atoms with Crippen molar-refractivity contribution in [2.75, 3.05) is 6.61 Å². The Labute approximate surface area is 241 Å². The zero-order valence-electron chi connectivity index (χ0n) is 22.6. The molecule has 1 N–H and O–H groups in total. The van der Waals surface area contributed by atoms with E-state index in [0.29, 0.717) is 6.61 Å². The third-order valence-electron chi connectivity index (χ3n) is 6.96. The van der Waals surface area contributed by atoms with Crippen molar-refractivity contribution < 1.29 is 32.5 Å². The number of rotatable bonds is 12. The third-order valence-corrected chi connectivity index (χ3v) is 8.89. The van der Waals surface area contributed by atoms with Crippen molar-refractivity contribution in [3.05, 3.63) is 138 Å². The van der Waals surface area contributed by atoms with Gasteiger partial charge in [-0.05, 0) is 28.8 Å². The Kier molecular flexibility index (Phi) is 9.95. The summed E-state index contributed by atoms with van der Waals surface area (Å²) in [6, 6.07) is 36.8. The molecular formula is C33H34O7S. The van der Waals surface area contributed by atoms with Crippen LogP contribution >= 0.6 is 0 Å². The molecule has 0 aromatic heterocycles. The van der Waals surface area contributed by atoms with Gasteiger partial charge in [-0.15, -0.1) is 0 Å². The monoisotopic (exact) mass is 574 g/mol. The topological polar surface area (TPSA) is 91.3 Å². The van der Waals surface area contributed by atoms with E-state index >= 15 is 0 Å². The van der Waals surface area contributed by atoms with Gasteiger partial charge in [0, 0.05) is 0 Å². The first kappa shape index (κ1) is 29.1. The summed E-state index contributed by atoms with van der Waals surface area (Å²) in [5, 5.41) is 11.5. The average Bonchev–Trinajstić information content (AvgIpc) is 3.02. The van der Waals surface area contributed by atoms with Gasteiger partial charge in [0.15, 0.2) is 5.44 Å². The van der Waals surface area contributed by atoms with Gasteiger partial charge in [-0.1, -0.05) is 109 Å². The zero-order chi connectivity index (χ0) is 28.5. The number of benzene rings is 4. The summed E-state index contributed by atoms with van der Waals surface area (Å²) in [5.74, 6) is 0. The molecule has 0 saturated carbocycles. The Bertz CT molecular complexity index is 1430. The van der Waals surface area contributed by atoms with Crippen LogP contribution in [0.15, 0.2) is 126 Å². The van der Waals surface area contributed by atoms with E-state index in [1.165, 1.54) is 12.1 Å². The van der Waals surface area contributed by atoms with Gasteiger partial charge in [-0.25, -0.2) is 8.42 Å². The number of hydrogen-bond acceptors (Lipinski definition) is 7. The van der Waals surface area contributed by atoms with Crippen molar-refractivity contribution in [2.24, 2.45) is 0 Å². The Morgan fingerprint density at radius 2 is 1.05 bits per heavy atom. The predicted molar refractivity (Wildman–Crippen MR) is 154 cm³/mol. The van der Waals surface area contributed by atoms with Crippen LogP contribution in [0.2, 0.25) is 0 Å². The first-order valence-electron chi connectivity index (χ1n) is 13.6. The van der Waals surface area contributed by atoms with Crippen molar-refractivity contribution >= 4 is 9.84 Å². The lowest BCUT2D eigenvalue weighted by atomic mass is 9.99. The maximum atomic E-state index is 13.7. The van der Waals surface area contributed by atoms with Crippen LogP contribution in [0.4, 0.5) is 0 Å². The van der Waals surface area contributed by atoms with E-state index in [1.807, 2.05) is 91.0 Å². The van der Waals surface area contributed by atoms with Crippen molar-refractivity contribution in [2.45, 2.75) is 54.6 Å². The molecule has 1 fully saturated rings. The molecule has 214 valence electrons. The van der Waals surface area contributed by atoms with Gasteiger partial charge in [0.2, 0.25) is 9.84 Å². The number of aliphatic hydroxyl groups is 1. The smallest absolute Gasteiger partial charge is 0.207 e. The molecule has 5 atom stereocenters. The Morgan fingerprint density at radius 3 is 1.56 bits per heavy atom. The van der Waals surface area contributed by atoms with E-state index in [1.54, 1.807) is 18.2 Å². The van der Waals surface area contributed by atoms with Crippen molar-refractivity contribution in [1.29, 1.82) is 0 Å². The molecule has 4 aromatic carbocycles. The first-order chi connectivity index (χ1) is 20.0. The lowest BCUT2D eigenvalue weighted by Crippen LogP contribution is -2.62. The highest BCUT2D eigenvalue weighted by molar-refractivity contribution is 7.92. The highest BCUT2D eigenvalue weighted by Gasteiger charge is 2.52. The van der Waals surface area contributed by atoms with Crippen LogP contribution in [0.1, 0.15) is 16.7 Å². The van der Waals surface area contributed by atoms with E-state index in [4.69, 9.17) is 18.9 Å². The fourth-order valence-corrected chi connectivity index (χ4v) is 6.44. The van der Waals surface area contributed by atoms with Crippen LogP contribution in [-0.2, 0) is 48.6 Å². The van der Waals surface area contributed by atoms with Gasteiger partial charge in [0.05, 0.1) is 31.3 Å². The molecule has 0 radical (unpaired) electrons. The van der Waals surface area contributed by atoms with E-state index < -0.39 is 39.7 Å². The molecule has 7 nitrogen and oxygen atoms in total. The normalized spacial score (nSPS) is 22.8. The minimum absolute atomic E-state index is 0.0348. The van der Waals surface area contributed by atoms with Crippen molar-refractivity contribution in [3.63, 3.8) is 0 Å².